The minimum Gasteiger partial charge on any atom is -0.458 e. The van der Waals surface area contributed by atoms with E-state index in [0.717, 1.165) is 89.4 Å². The summed E-state index contributed by atoms with van der Waals surface area (Å²) in [4.78, 5) is 55.5. The number of aromatic nitrogens is 4. The average Bonchev–Trinajstić information content (AvgIpc) is 4.37. The van der Waals surface area contributed by atoms with Crippen LogP contribution in [0, 0.1) is 0 Å². The van der Waals surface area contributed by atoms with E-state index >= 15 is 0 Å². The van der Waals surface area contributed by atoms with Crippen molar-refractivity contribution in [1.82, 2.24) is 25.3 Å². The number of nitrogens with one attached hydrogen (secondary N) is 4. The summed E-state index contributed by atoms with van der Waals surface area (Å²) in [5, 5.41) is 5.62. The third kappa shape index (κ3) is 17.3. The number of rotatable bonds is 29. The number of esters is 1. The zero-order valence-electron chi connectivity index (χ0n) is 47.1. The quantitative estimate of drug-likeness (QED) is 0.0255. The van der Waals surface area contributed by atoms with Crippen molar-refractivity contribution in [2.24, 2.45) is 0 Å². The molecular weight excluding hydrogens is 1050 g/mol. The molecule has 17 heteroatoms. The van der Waals surface area contributed by atoms with Crippen LogP contribution in [0.2, 0.25) is 0 Å². The minimum absolute atomic E-state index is 0.109. The predicted octanol–water partition coefficient (Wildman–Crippen LogP) is 10.8. The van der Waals surface area contributed by atoms with E-state index in [1.807, 2.05) is 78.9 Å². The highest BCUT2D eigenvalue weighted by molar-refractivity contribution is 6.00. The first-order valence-electron chi connectivity index (χ1n) is 27.8. The maximum Gasteiger partial charge on any atom is 0.332 e. The van der Waals surface area contributed by atoms with Crippen LogP contribution in [0.5, 0.6) is 0 Å². The number of H-pyrrole nitrogens is 2. The van der Waals surface area contributed by atoms with E-state index in [0.29, 0.717) is 65.1 Å². The summed E-state index contributed by atoms with van der Waals surface area (Å²) < 4.78 is 43.4. The molecule has 17 nitrogen and oxygen atoms in total. The Morgan fingerprint density at radius 3 is 1.22 bits per heavy atom. The van der Waals surface area contributed by atoms with Crippen molar-refractivity contribution < 1.29 is 52.3 Å². The molecule has 5 heterocycles. The molecule has 3 aromatic heterocycles. The molecule has 0 atom stereocenters. The van der Waals surface area contributed by atoms with Crippen LogP contribution in [-0.4, -0.2) is 142 Å². The number of benzene rings is 4. The van der Waals surface area contributed by atoms with E-state index in [2.05, 4.69) is 106 Å². The number of nitrogens with zero attached hydrogens (tertiary/aromatic N) is 2. The van der Waals surface area contributed by atoms with E-state index in [1.54, 1.807) is 20.8 Å². The molecule has 2 amide bonds. The number of fused-ring (bicyclic) bond motifs is 8. The molecular formula is C66H70N6O11. The van der Waals surface area contributed by atoms with Gasteiger partial charge >= 0.3 is 5.97 Å². The van der Waals surface area contributed by atoms with Crippen molar-refractivity contribution >= 4 is 69.8 Å². The van der Waals surface area contributed by atoms with Crippen LogP contribution in [0.4, 0.5) is 5.69 Å². The van der Waals surface area contributed by atoms with Crippen molar-refractivity contribution in [3.8, 4) is 44.5 Å². The van der Waals surface area contributed by atoms with Gasteiger partial charge in [0.15, 0.2) is 0 Å². The summed E-state index contributed by atoms with van der Waals surface area (Å²) in [7, 11) is 0. The van der Waals surface area contributed by atoms with Crippen molar-refractivity contribution in [3.63, 3.8) is 0 Å². The van der Waals surface area contributed by atoms with E-state index < -0.39 is 17.5 Å². The maximum absolute atomic E-state index is 13.0. The van der Waals surface area contributed by atoms with Gasteiger partial charge in [0.05, 0.1) is 95.5 Å². The Labute approximate surface area is 483 Å². The van der Waals surface area contributed by atoms with Gasteiger partial charge in [0, 0.05) is 56.6 Å². The summed E-state index contributed by atoms with van der Waals surface area (Å²) in [5.41, 5.74) is 14.5. The van der Waals surface area contributed by atoms with Crippen LogP contribution in [-0.2, 0) is 52.3 Å². The van der Waals surface area contributed by atoms with Gasteiger partial charge in [-0.1, -0.05) is 103 Å². The van der Waals surface area contributed by atoms with Gasteiger partial charge in [-0.15, -0.1) is 0 Å². The molecule has 2 aliphatic rings. The van der Waals surface area contributed by atoms with Crippen LogP contribution >= 0.6 is 0 Å². The summed E-state index contributed by atoms with van der Waals surface area (Å²) >= 11 is 0. The fourth-order valence-corrected chi connectivity index (χ4v) is 9.33. The van der Waals surface area contributed by atoms with Gasteiger partial charge in [-0.05, 0) is 104 Å². The second-order valence-corrected chi connectivity index (χ2v) is 20.3. The van der Waals surface area contributed by atoms with Gasteiger partial charge in [-0.3, -0.25) is 9.59 Å². The number of amides is 2. The predicted molar refractivity (Wildman–Crippen MR) is 324 cm³/mol. The van der Waals surface area contributed by atoms with E-state index in [9.17, 15) is 14.4 Å². The molecule has 0 saturated carbocycles. The van der Waals surface area contributed by atoms with Gasteiger partial charge in [-0.2, -0.15) is 0 Å². The summed E-state index contributed by atoms with van der Waals surface area (Å²) in [6, 6.07) is 47.0. The Bertz CT molecular complexity index is 3360. The lowest BCUT2D eigenvalue weighted by atomic mass is 10.0. The number of hydrogen-bond acceptors (Lipinski definition) is 13. The van der Waals surface area contributed by atoms with Gasteiger partial charge < -0.3 is 58.5 Å². The van der Waals surface area contributed by atoms with Crippen LogP contribution in [0.3, 0.4) is 0 Å². The number of ether oxygens (including phenoxy) is 8. The van der Waals surface area contributed by atoms with Crippen molar-refractivity contribution in [2.75, 3.05) is 104 Å². The molecule has 83 heavy (non-hydrogen) atoms. The first kappa shape index (κ1) is 59.2. The molecule has 4 aromatic carbocycles. The lowest BCUT2D eigenvalue weighted by molar-refractivity contribution is -0.160. The Kier molecular flexibility index (Phi) is 21.5. The van der Waals surface area contributed by atoms with Gasteiger partial charge in [-0.25, -0.2) is 14.8 Å². The van der Waals surface area contributed by atoms with Crippen molar-refractivity contribution in [3.05, 3.63) is 162 Å². The monoisotopic (exact) mass is 1120 g/mol. The molecule has 9 rings (SSSR count). The Hall–Kier alpha value is -8.39. The molecule has 0 unspecified atom stereocenters. The standard InChI is InChI=1S/C66H70N6O11/c1-66(2,3)83-61(75)45-81-42-41-80-40-39-79-38-37-78-36-35-77-34-33-76-32-31-67-59(73)43-82-44-60(74)68-50-21-19-49(20-22-50)65-57-29-27-55(71-57)63(47-15-9-5-10-16-47)53-25-23-51(69-53)62(46-13-7-4-8-14-46)52-24-26-54(70-52)64(48-17-11-6-12-18-48)56-28-30-58(65)72-56/h4-30,69-70H,31-45H2,1-3H3,(H,67,73)(H,68,74). The Balaban J connectivity index is 0.763. The van der Waals surface area contributed by atoms with E-state index in [4.69, 9.17) is 47.9 Å². The van der Waals surface area contributed by atoms with E-state index in [1.165, 1.54) is 0 Å². The second kappa shape index (κ2) is 30.1. The number of aromatic amines is 2. The highest BCUT2D eigenvalue weighted by atomic mass is 16.6. The zero-order valence-corrected chi connectivity index (χ0v) is 47.1. The topological polar surface area (TPSA) is 206 Å². The van der Waals surface area contributed by atoms with Gasteiger partial charge in [0.25, 0.3) is 0 Å². The number of anilines is 1. The third-order valence-corrected chi connectivity index (χ3v) is 12.9. The molecule has 0 radical (unpaired) electrons. The van der Waals surface area contributed by atoms with Crippen LogP contribution in [0.15, 0.2) is 140 Å². The molecule has 430 valence electrons. The molecule has 2 aliphatic heterocycles. The molecule has 7 aromatic rings. The maximum atomic E-state index is 13.0. The lowest BCUT2D eigenvalue weighted by Gasteiger charge is -2.19. The SMILES string of the molecule is CC(C)(C)OC(=O)COCCOCCOCCOCCOCCOCCNC(=O)COCC(=O)Nc1ccc(-c2c3nc(c(-c4ccccc4)c4ccc([nH]4)c(-c4ccccc4)c4ccc([nH]4)c(-c4ccccc4)c4nc2C=C4)C=C3)cc1. The molecule has 8 bridgehead atoms. The zero-order chi connectivity index (χ0) is 57.6. The van der Waals surface area contributed by atoms with Gasteiger partial charge in [0.1, 0.15) is 25.4 Å². The Morgan fingerprint density at radius 2 is 0.771 bits per heavy atom. The number of carbonyl (C=O) groups excluding carboxylic acids is 3. The second-order valence-electron chi connectivity index (χ2n) is 20.3. The summed E-state index contributed by atoms with van der Waals surface area (Å²) in [6.45, 7) is 9.07. The molecule has 4 N–H and O–H groups in total. The van der Waals surface area contributed by atoms with Crippen LogP contribution < -0.4 is 10.6 Å². The third-order valence-electron chi connectivity index (χ3n) is 12.9. The normalized spacial score (nSPS) is 11.9. The highest BCUT2D eigenvalue weighted by Crippen LogP contribution is 2.38. The fraction of sp³-hybridized carbons (Fsp3) is 0.288. The number of hydrogen-bond donors (Lipinski definition) is 4. The van der Waals surface area contributed by atoms with Crippen LogP contribution in [0.25, 0.3) is 90.9 Å². The lowest BCUT2D eigenvalue weighted by Crippen LogP contribution is -2.32. The van der Waals surface area contributed by atoms with Crippen molar-refractivity contribution in [2.45, 2.75) is 26.4 Å². The molecule has 0 fully saturated rings. The largest absolute Gasteiger partial charge is 0.458 e. The summed E-state index contributed by atoms with van der Waals surface area (Å²) in [5.74, 6) is -1.18. The van der Waals surface area contributed by atoms with Crippen LogP contribution in [0.1, 0.15) is 43.5 Å². The average molecular weight is 1120 g/mol. The minimum atomic E-state index is -0.539. The first-order chi connectivity index (χ1) is 40.6. The number of carbonyl (C=O) groups is 3. The summed E-state index contributed by atoms with van der Waals surface area (Å²) in [6.07, 6.45) is 8.19. The smallest absolute Gasteiger partial charge is 0.332 e. The fourth-order valence-electron chi connectivity index (χ4n) is 9.33. The van der Waals surface area contributed by atoms with E-state index in [-0.39, 0.29) is 45.5 Å². The highest BCUT2D eigenvalue weighted by Gasteiger charge is 2.21. The molecule has 0 saturated heterocycles. The van der Waals surface area contributed by atoms with Gasteiger partial charge in [0.2, 0.25) is 11.8 Å². The first-order valence-corrected chi connectivity index (χ1v) is 27.8. The molecule has 0 aliphatic carbocycles. The van der Waals surface area contributed by atoms with Crippen molar-refractivity contribution in [1.29, 1.82) is 0 Å². The molecule has 0 spiro atoms. The Morgan fingerprint density at radius 1 is 0.398 bits per heavy atom.